The fourth-order valence-corrected chi connectivity index (χ4v) is 3.44. The number of hydrogen-bond acceptors (Lipinski definition) is 5. The maximum Gasteiger partial charge on any atom is 0.273 e. The van der Waals surface area contributed by atoms with E-state index < -0.39 is 16.6 Å². The Morgan fingerprint density at radius 3 is 2.58 bits per heavy atom. The third-order valence-electron chi connectivity index (χ3n) is 4.83. The molecule has 26 heavy (non-hydrogen) atoms. The zero-order valence-electron chi connectivity index (χ0n) is 14.3. The molecule has 0 radical (unpaired) electrons. The fourth-order valence-electron chi connectivity index (χ4n) is 3.44. The number of nitro benzene ring substituents is 1. The van der Waals surface area contributed by atoms with Crippen molar-refractivity contribution in [2.75, 3.05) is 5.32 Å². The van der Waals surface area contributed by atoms with Crippen LogP contribution in [0.15, 0.2) is 36.4 Å². The van der Waals surface area contributed by atoms with E-state index >= 15 is 0 Å². The van der Waals surface area contributed by atoms with E-state index in [-0.39, 0.29) is 11.3 Å². The van der Waals surface area contributed by atoms with Gasteiger partial charge in [0.05, 0.1) is 4.92 Å². The second kappa shape index (κ2) is 6.01. The van der Waals surface area contributed by atoms with E-state index in [1.807, 2.05) is 0 Å². The molecule has 2 aromatic carbocycles. The molecule has 7 heteroatoms. The first-order valence-corrected chi connectivity index (χ1v) is 8.54. The normalized spacial score (nSPS) is 16.7. The Bertz CT molecular complexity index is 903. The summed E-state index contributed by atoms with van der Waals surface area (Å²) in [7, 11) is 0. The summed E-state index contributed by atoms with van der Waals surface area (Å²) in [5, 5.41) is 13.8. The lowest BCUT2D eigenvalue weighted by Gasteiger charge is -2.21. The van der Waals surface area contributed by atoms with Crippen molar-refractivity contribution in [3.63, 3.8) is 0 Å². The van der Waals surface area contributed by atoms with Gasteiger partial charge in [-0.15, -0.1) is 0 Å². The van der Waals surface area contributed by atoms with Crippen molar-refractivity contribution in [3.05, 3.63) is 57.6 Å². The largest absolute Gasteiger partial charge is 0.448 e. The summed E-state index contributed by atoms with van der Waals surface area (Å²) < 4.78 is 11.9. The van der Waals surface area contributed by atoms with Gasteiger partial charge in [0.2, 0.25) is 0 Å². The average molecular weight is 354 g/mol. The maximum absolute atomic E-state index is 12.4. The van der Waals surface area contributed by atoms with Gasteiger partial charge in [-0.05, 0) is 38.0 Å². The van der Waals surface area contributed by atoms with Crippen LogP contribution < -0.4 is 14.8 Å². The summed E-state index contributed by atoms with van der Waals surface area (Å²) in [6.07, 6.45) is 3.86. The number of carbonyl (C=O) groups excluding carboxylic acids is 1. The number of amides is 1. The molecule has 7 nitrogen and oxygen atoms in total. The first-order chi connectivity index (χ1) is 12.5. The highest BCUT2D eigenvalue weighted by Crippen LogP contribution is 2.47. The van der Waals surface area contributed by atoms with Gasteiger partial charge in [-0.1, -0.05) is 6.07 Å². The molecule has 4 rings (SSSR count). The number of anilines is 1. The molecule has 134 valence electrons. The quantitative estimate of drug-likeness (QED) is 0.659. The highest BCUT2D eigenvalue weighted by molar-refractivity contribution is 6.04. The van der Waals surface area contributed by atoms with Crippen molar-refractivity contribution in [2.45, 2.75) is 38.4 Å². The van der Waals surface area contributed by atoms with Gasteiger partial charge < -0.3 is 14.8 Å². The lowest BCUT2D eigenvalue weighted by Crippen LogP contribution is -2.34. The van der Waals surface area contributed by atoms with Gasteiger partial charge in [0.25, 0.3) is 17.4 Å². The number of nitrogens with zero attached hydrogens (tertiary/aromatic N) is 1. The molecular weight excluding hydrogens is 336 g/mol. The van der Waals surface area contributed by atoms with Gasteiger partial charge in [-0.3, -0.25) is 14.9 Å². The molecule has 1 N–H and O–H groups in total. The molecule has 0 bridgehead atoms. The first kappa shape index (κ1) is 16.4. The van der Waals surface area contributed by atoms with E-state index in [4.69, 9.17) is 9.47 Å². The van der Waals surface area contributed by atoms with Crippen LogP contribution in [0.4, 0.5) is 11.4 Å². The average Bonchev–Trinajstić information content (AvgIpc) is 3.20. The Labute approximate surface area is 150 Å². The van der Waals surface area contributed by atoms with Crippen LogP contribution in [-0.2, 0) is 0 Å². The van der Waals surface area contributed by atoms with Crippen LogP contribution in [0.25, 0.3) is 0 Å². The third-order valence-corrected chi connectivity index (χ3v) is 4.83. The number of nitrogens with one attached hydrogen (secondary N) is 1. The smallest absolute Gasteiger partial charge is 0.273 e. The highest BCUT2D eigenvalue weighted by Gasteiger charge is 2.44. The fraction of sp³-hybridized carbons (Fsp3) is 0.316. The van der Waals surface area contributed by atoms with Crippen molar-refractivity contribution in [1.82, 2.24) is 0 Å². The van der Waals surface area contributed by atoms with Gasteiger partial charge in [0, 0.05) is 41.8 Å². The van der Waals surface area contributed by atoms with Crippen LogP contribution in [0.1, 0.15) is 41.6 Å². The highest BCUT2D eigenvalue weighted by atomic mass is 16.7. The molecule has 1 amide bonds. The van der Waals surface area contributed by atoms with Crippen molar-refractivity contribution in [2.24, 2.45) is 0 Å². The van der Waals surface area contributed by atoms with Crippen LogP contribution in [-0.4, -0.2) is 16.6 Å². The van der Waals surface area contributed by atoms with E-state index in [1.165, 1.54) is 6.07 Å². The molecule has 1 spiro atoms. The molecule has 1 aliphatic carbocycles. The van der Waals surface area contributed by atoms with E-state index in [9.17, 15) is 14.9 Å². The zero-order valence-corrected chi connectivity index (χ0v) is 14.3. The summed E-state index contributed by atoms with van der Waals surface area (Å²) in [6, 6.07) is 9.65. The van der Waals surface area contributed by atoms with Crippen molar-refractivity contribution in [3.8, 4) is 11.5 Å². The lowest BCUT2D eigenvalue weighted by molar-refractivity contribution is -0.385. The van der Waals surface area contributed by atoms with E-state index in [0.717, 1.165) is 25.7 Å². The van der Waals surface area contributed by atoms with Crippen LogP contribution in [0.2, 0.25) is 0 Å². The van der Waals surface area contributed by atoms with Gasteiger partial charge in [0.1, 0.15) is 0 Å². The Morgan fingerprint density at radius 1 is 1.12 bits per heavy atom. The minimum absolute atomic E-state index is 0.0773. The number of benzene rings is 2. The lowest BCUT2D eigenvalue weighted by atomic mass is 10.1. The molecule has 2 aromatic rings. The van der Waals surface area contributed by atoms with E-state index in [2.05, 4.69) is 5.32 Å². The number of aryl methyl sites for hydroxylation is 1. The molecule has 0 aromatic heterocycles. The monoisotopic (exact) mass is 354 g/mol. The second-order valence-corrected chi connectivity index (χ2v) is 6.70. The predicted molar refractivity (Wildman–Crippen MR) is 94.7 cm³/mol. The summed E-state index contributed by atoms with van der Waals surface area (Å²) in [5.74, 6) is 0.320. The number of carbonyl (C=O) groups is 1. The Kier molecular flexibility index (Phi) is 3.79. The molecule has 0 saturated heterocycles. The minimum atomic E-state index is -0.553. The second-order valence-electron chi connectivity index (χ2n) is 6.70. The topological polar surface area (TPSA) is 90.7 Å². The number of rotatable bonds is 3. The van der Waals surface area contributed by atoms with Gasteiger partial charge >= 0.3 is 0 Å². The van der Waals surface area contributed by atoms with Crippen LogP contribution in [0.3, 0.4) is 0 Å². The summed E-state index contributed by atoms with van der Waals surface area (Å²) >= 11 is 0. The van der Waals surface area contributed by atoms with Gasteiger partial charge in [0.15, 0.2) is 11.5 Å². The van der Waals surface area contributed by atoms with Gasteiger partial charge in [-0.2, -0.15) is 0 Å². The Balaban J connectivity index is 1.53. The number of hydrogen-bond donors (Lipinski definition) is 1. The summed E-state index contributed by atoms with van der Waals surface area (Å²) in [6.45, 7) is 1.64. The number of nitro groups is 1. The molecule has 1 fully saturated rings. The SMILES string of the molecule is Cc1ccc(C(=O)Nc2ccc3c(c2)OC2(CCCC2)O3)cc1[N+](=O)[O-]. The molecule has 1 aliphatic heterocycles. The van der Waals surface area contributed by atoms with E-state index in [1.54, 1.807) is 37.3 Å². The number of ether oxygens (including phenoxy) is 2. The summed E-state index contributed by atoms with van der Waals surface area (Å²) in [4.78, 5) is 23.0. The first-order valence-electron chi connectivity index (χ1n) is 8.54. The minimum Gasteiger partial charge on any atom is -0.448 e. The molecule has 0 atom stereocenters. The zero-order chi connectivity index (χ0) is 18.3. The Hall–Kier alpha value is -3.09. The third kappa shape index (κ3) is 2.85. The number of fused-ring (bicyclic) bond motifs is 1. The van der Waals surface area contributed by atoms with Gasteiger partial charge in [-0.25, -0.2) is 0 Å². The molecule has 1 heterocycles. The van der Waals surface area contributed by atoms with Crippen LogP contribution in [0.5, 0.6) is 11.5 Å². The summed E-state index contributed by atoms with van der Waals surface area (Å²) in [5.41, 5.74) is 1.21. The van der Waals surface area contributed by atoms with Crippen molar-refractivity contribution in [1.29, 1.82) is 0 Å². The van der Waals surface area contributed by atoms with Crippen molar-refractivity contribution >= 4 is 17.3 Å². The van der Waals surface area contributed by atoms with E-state index in [0.29, 0.717) is 22.7 Å². The molecular formula is C19H18N2O5. The molecule has 2 aliphatic rings. The van der Waals surface area contributed by atoms with Crippen LogP contribution >= 0.6 is 0 Å². The van der Waals surface area contributed by atoms with Crippen LogP contribution in [0, 0.1) is 17.0 Å². The maximum atomic E-state index is 12.4. The standard InChI is InChI=1S/C19H18N2O5/c1-12-4-5-13(10-15(12)21(23)24)18(22)20-14-6-7-16-17(11-14)26-19(25-16)8-2-3-9-19/h4-7,10-11H,2-3,8-9H2,1H3,(H,20,22). The molecule has 0 unspecified atom stereocenters. The Morgan fingerprint density at radius 2 is 1.85 bits per heavy atom. The van der Waals surface area contributed by atoms with Crippen molar-refractivity contribution < 1.29 is 19.2 Å². The predicted octanol–water partition coefficient (Wildman–Crippen LogP) is 4.20. The molecule has 1 saturated carbocycles.